The lowest BCUT2D eigenvalue weighted by Gasteiger charge is -2.32. The molecule has 54 heavy (non-hydrogen) atoms. The fourth-order valence-corrected chi connectivity index (χ4v) is 5.59. The summed E-state index contributed by atoms with van der Waals surface area (Å²) in [5, 5.41) is 19.6. The number of aromatic nitrogens is 1. The summed E-state index contributed by atoms with van der Waals surface area (Å²) in [6.07, 6.45) is 1.63. The van der Waals surface area contributed by atoms with E-state index < -0.39 is 53.7 Å². The molecule has 0 unspecified atom stereocenters. The molecule has 14 nitrogen and oxygen atoms in total. The van der Waals surface area contributed by atoms with Crippen LogP contribution in [-0.2, 0) is 51.2 Å². The molecule has 1 aliphatic carbocycles. The van der Waals surface area contributed by atoms with E-state index >= 15 is 0 Å². The highest BCUT2D eigenvalue weighted by Crippen LogP contribution is 2.34. The minimum Gasteiger partial charge on any atom is -0.458 e. The molecule has 1 amide bonds. The van der Waals surface area contributed by atoms with Crippen LogP contribution in [0.5, 0.6) is 0 Å². The van der Waals surface area contributed by atoms with Crippen LogP contribution in [-0.4, -0.2) is 119 Å². The number of hydrogen-bond donors (Lipinski definition) is 2. The van der Waals surface area contributed by atoms with Crippen molar-refractivity contribution in [2.24, 2.45) is 11.8 Å². The van der Waals surface area contributed by atoms with Gasteiger partial charge in [0.05, 0.1) is 18.8 Å². The summed E-state index contributed by atoms with van der Waals surface area (Å²) < 4.78 is 22.1. The highest BCUT2D eigenvalue weighted by Gasteiger charge is 2.39. The van der Waals surface area contributed by atoms with Gasteiger partial charge in [0.15, 0.2) is 12.2 Å². The Labute approximate surface area is 319 Å². The number of nitrogens with zero attached hydrogens (tertiary/aromatic N) is 4. The third kappa shape index (κ3) is 15.7. The number of pyridine rings is 1. The lowest BCUT2D eigenvalue weighted by atomic mass is 10.0. The Hall–Kier alpha value is -4.11. The van der Waals surface area contributed by atoms with Gasteiger partial charge in [0.25, 0.3) is 5.91 Å². The van der Waals surface area contributed by atoms with Crippen LogP contribution in [0, 0.1) is 11.8 Å². The van der Waals surface area contributed by atoms with Crippen molar-refractivity contribution in [3.63, 3.8) is 0 Å². The maximum atomic E-state index is 14.2. The van der Waals surface area contributed by atoms with Crippen molar-refractivity contribution in [1.29, 1.82) is 0 Å². The summed E-state index contributed by atoms with van der Waals surface area (Å²) in [4.78, 5) is 61.7. The summed E-state index contributed by atoms with van der Waals surface area (Å²) in [5.74, 6) is -1.82. The van der Waals surface area contributed by atoms with Gasteiger partial charge in [-0.1, -0.05) is 63.1 Å². The fraction of sp³-hybridized carbons (Fsp3) is 0.625. The predicted molar refractivity (Wildman–Crippen MR) is 201 cm³/mol. The number of esters is 3. The molecule has 2 aliphatic rings. The average Bonchev–Trinajstić information content (AvgIpc) is 3.95. The molecule has 1 aromatic heterocycles. The van der Waals surface area contributed by atoms with E-state index in [1.54, 1.807) is 27.0 Å². The standard InChI is InChI=1S/C36H50N4O9.C4H10O/c1-24(2)19-29(35(43)48-25(3)34(42)47-23-27-9-7-6-8-10-27)38(4)33(41)31(49-36(44)30(39(5)45)20-26-11-12-26)21-28-13-14-32(37-22-28)40-15-17-46-18-16-40;1-4(2,3)5/h6-10,13-14,22,24-26,29-31,45H,11-12,15-21,23H2,1-5H3;5H,1-3H3/t25-,29+,30+,31-;/m1./s1. The van der Waals surface area contributed by atoms with Crippen LogP contribution in [0.4, 0.5) is 5.82 Å². The first-order valence-corrected chi connectivity index (χ1v) is 18.7. The molecule has 1 aromatic carbocycles. The molecule has 2 aromatic rings. The van der Waals surface area contributed by atoms with Crippen molar-refractivity contribution in [3.8, 4) is 0 Å². The molecule has 1 aliphatic heterocycles. The van der Waals surface area contributed by atoms with Gasteiger partial charge in [-0.3, -0.25) is 9.59 Å². The normalized spacial score (nSPS) is 16.7. The average molecular weight is 757 g/mol. The number of rotatable bonds is 17. The zero-order valence-corrected chi connectivity index (χ0v) is 33.1. The highest BCUT2D eigenvalue weighted by atomic mass is 16.6. The number of amides is 1. The predicted octanol–water partition coefficient (Wildman–Crippen LogP) is 4.19. The van der Waals surface area contributed by atoms with Crippen LogP contribution >= 0.6 is 0 Å². The molecule has 2 heterocycles. The molecular weight excluding hydrogens is 696 g/mol. The van der Waals surface area contributed by atoms with Crippen molar-refractivity contribution in [2.45, 2.75) is 110 Å². The van der Waals surface area contributed by atoms with E-state index in [1.165, 1.54) is 25.9 Å². The van der Waals surface area contributed by atoms with Gasteiger partial charge in [-0.15, -0.1) is 0 Å². The second kappa shape index (κ2) is 21.1. The Morgan fingerprint density at radius 2 is 1.52 bits per heavy atom. The largest absolute Gasteiger partial charge is 0.458 e. The van der Waals surface area contributed by atoms with E-state index in [4.69, 9.17) is 24.1 Å². The molecule has 1 saturated carbocycles. The zero-order valence-electron chi connectivity index (χ0n) is 33.1. The summed E-state index contributed by atoms with van der Waals surface area (Å²) >= 11 is 0. The lowest BCUT2D eigenvalue weighted by Crippen LogP contribution is -2.51. The van der Waals surface area contributed by atoms with E-state index in [9.17, 15) is 24.4 Å². The number of hydroxylamine groups is 2. The molecule has 2 fully saturated rings. The highest BCUT2D eigenvalue weighted by molar-refractivity contribution is 5.90. The first-order valence-electron chi connectivity index (χ1n) is 18.7. The number of aliphatic hydroxyl groups is 1. The van der Waals surface area contributed by atoms with Crippen molar-refractivity contribution in [2.75, 3.05) is 45.3 Å². The Kier molecular flexibility index (Phi) is 17.3. The first kappa shape index (κ1) is 44.3. The summed E-state index contributed by atoms with van der Waals surface area (Å²) in [6, 6.07) is 10.8. The van der Waals surface area contributed by atoms with Gasteiger partial charge in [-0.2, -0.15) is 5.06 Å². The molecular formula is C40H60N4O10. The smallest absolute Gasteiger partial charge is 0.347 e. The number of morpholine rings is 1. The number of carbonyl (C=O) groups excluding carboxylic acids is 4. The minimum absolute atomic E-state index is 0.0117. The number of hydrogen-bond acceptors (Lipinski definition) is 13. The molecule has 300 valence electrons. The van der Waals surface area contributed by atoms with Crippen molar-refractivity contribution in [3.05, 3.63) is 59.8 Å². The topological polar surface area (TPSA) is 168 Å². The van der Waals surface area contributed by atoms with Crippen LogP contribution in [0.2, 0.25) is 0 Å². The molecule has 1 saturated heterocycles. The monoisotopic (exact) mass is 756 g/mol. The molecule has 4 rings (SSSR count). The number of ether oxygens (including phenoxy) is 4. The quantitative estimate of drug-likeness (QED) is 0.134. The number of benzene rings is 1. The van der Waals surface area contributed by atoms with Gasteiger partial charge in [0.2, 0.25) is 0 Å². The number of likely N-dealkylation sites (N-methyl/N-ethyl adjacent to an activating group) is 2. The lowest BCUT2D eigenvalue weighted by molar-refractivity contribution is -0.181. The van der Waals surface area contributed by atoms with Gasteiger partial charge < -0.3 is 39.1 Å². The number of anilines is 1. The van der Waals surface area contributed by atoms with Crippen LogP contribution in [0.1, 0.15) is 78.4 Å². The fourth-order valence-electron chi connectivity index (χ4n) is 5.59. The van der Waals surface area contributed by atoms with Crippen LogP contribution < -0.4 is 4.90 Å². The van der Waals surface area contributed by atoms with Gasteiger partial charge in [-0.25, -0.2) is 14.6 Å². The Balaban J connectivity index is 0.00000147. The van der Waals surface area contributed by atoms with Gasteiger partial charge in [-0.05, 0) is 69.6 Å². The Bertz CT molecular complexity index is 1470. The minimum atomic E-state index is -1.33. The maximum Gasteiger partial charge on any atom is 0.347 e. The summed E-state index contributed by atoms with van der Waals surface area (Å²) in [7, 11) is 2.84. The molecule has 2 N–H and O–H groups in total. The maximum absolute atomic E-state index is 14.2. The van der Waals surface area contributed by atoms with Crippen molar-refractivity contribution < 1.29 is 48.4 Å². The van der Waals surface area contributed by atoms with E-state index in [1.807, 2.05) is 56.3 Å². The van der Waals surface area contributed by atoms with Gasteiger partial charge in [0.1, 0.15) is 24.5 Å². The van der Waals surface area contributed by atoms with E-state index in [2.05, 4.69) is 9.88 Å². The molecule has 0 spiro atoms. The van der Waals surface area contributed by atoms with Gasteiger partial charge >= 0.3 is 17.9 Å². The Morgan fingerprint density at radius 1 is 0.907 bits per heavy atom. The summed E-state index contributed by atoms with van der Waals surface area (Å²) in [5.41, 5.74) is 0.932. The second-order valence-corrected chi connectivity index (χ2v) is 15.5. The van der Waals surface area contributed by atoms with Crippen molar-refractivity contribution >= 4 is 29.6 Å². The first-order chi connectivity index (χ1) is 25.4. The van der Waals surface area contributed by atoms with Gasteiger partial charge in [0, 0.05) is 39.8 Å². The molecule has 4 atom stereocenters. The van der Waals surface area contributed by atoms with E-state index in [-0.39, 0.29) is 25.4 Å². The number of carbonyl (C=O) groups is 4. The third-order valence-electron chi connectivity index (χ3n) is 8.71. The van der Waals surface area contributed by atoms with E-state index in [0.29, 0.717) is 44.2 Å². The molecule has 0 bridgehead atoms. The third-order valence-corrected chi connectivity index (χ3v) is 8.71. The second-order valence-electron chi connectivity index (χ2n) is 15.5. The van der Waals surface area contributed by atoms with Crippen LogP contribution in [0.25, 0.3) is 0 Å². The van der Waals surface area contributed by atoms with E-state index in [0.717, 1.165) is 29.3 Å². The summed E-state index contributed by atoms with van der Waals surface area (Å²) in [6.45, 7) is 13.1. The SMILES string of the molecule is CC(C)(C)O.CC(C)C[C@@H](C(=O)O[C@H](C)C(=O)OCc1ccccc1)N(C)C(=O)[C@@H](Cc1ccc(N2CCOCC2)nc1)OC(=O)[C@H](CC1CC1)N(C)O. The van der Waals surface area contributed by atoms with Crippen molar-refractivity contribution in [1.82, 2.24) is 14.9 Å². The van der Waals surface area contributed by atoms with Crippen LogP contribution in [0.15, 0.2) is 48.7 Å². The zero-order chi connectivity index (χ0) is 40.0. The molecule has 0 radical (unpaired) electrons. The van der Waals surface area contributed by atoms with Crippen LogP contribution in [0.3, 0.4) is 0 Å². The molecule has 14 heteroatoms. The Morgan fingerprint density at radius 3 is 2.06 bits per heavy atom.